The molecule has 1 aromatic carbocycles. The van der Waals surface area contributed by atoms with Crippen LogP contribution in [0.2, 0.25) is 0 Å². The van der Waals surface area contributed by atoms with Gasteiger partial charge in [-0.05, 0) is 43.6 Å². The summed E-state index contributed by atoms with van der Waals surface area (Å²) in [6.45, 7) is 4.02. The number of hydrogen-bond acceptors (Lipinski definition) is 3. The number of carbonyl (C=O) groups is 2. The van der Waals surface area contributed by atoms with Crippen molar-refractivity contribution in [3.8, 4) is 0 Å². The Balaban J connectivity index is 2.01. The van der Waals surface area contributed by atoms with Gasteiger partial charge in [-0.1, -0.05) is 28.1 Å². The van der Waals surface area contributed by atoms with Crippen molar-refractivity contribution in [2.75, 3.05) is 26.7 Å². The molecule has 0 radical (unpaired) electrons. The predicted octanol–water partition coefficient (Wildman–Crippen LogP) is 2.08. The molecule has 6 heteroatoms. The summed E-state index contributed by atoms with van der Waals surface area (Å²) >= 11 is 3.40. The van der Waals surface area contributed by atoms with E-state index in [9.17, 15) is 9.59 Å². The topological polar surface area (TPSA) is 61.4 Å². The summed E-state index contributed by atoms with van der Waals surface area (Å²) in [6.07, 6.45) is 1.34. The van der Waals surface area contributed by atoms with Crippen LogP contribution in [0.1, 0.15) is 31.4 Å². The predicted molar refractivity (Wildman–Crippen MR) is 93.9 cm³/mol. The van der Waals surface area contributed by atoms with E-state index in [2.05, 4.69) is 26.6 Å². The molecule has 0 bridgehead atoms. The van der Waals surface area contributed by atoms with E-state index in [0.717, 1.165) is 36.1 Å². The minimum Gasteiger partial charge on any atom is -0.349 e. The van der Waals surface area contributed by atoms with Gasteiger partial charge in [0.25, 0.3) is 0 Å². The van der Waals surface area contributed by atoms with Gasteiger partial charge in [-0.25, -0.2) is 0 Å². The molecule has 1 heterocycles. The molecule has 0 saturated carbocycles. The zero-order valence-corrected chi connectivity index (χ0v) is 15.2. The van der Waals surface area contributed by atoms with Crippen LogP contribution in [0.5, 0.6) is 0 Å². The van der Waals surface area contributed by atoms with Crippen molar-refractivity contribution in [3.05, 3.63) is 34.3 Å². The maximum Gasteiger partial charge on any atom is 0.224 e. The molecule has 0 aromatic heterocycles. The Morgan fingerprint density at radius 1 is 1.35 bits per heavy atom. The van der Waals surface area contributed by atoms with E-state index < -0.39 is 0 Å². The molecule has 1 aliphatic rings. The Bertz CT molecular complexity index is 547. The van der Waals surface area contributed by atoms with Crippen molar-refractivity contribution in [1.82, 2.24) is 15.5 Å². The second-order valence-corrected chi connectivity index (χ2v) is 6.98. The molecular formula is C17H24BrN3O2. The molecule has 1 saturated heterocycles. The van der Waals surface area contributed by atoms with Crippen LogP contribution in [0.3, 0.4) is 0 Å². The number of halogens is 1. The van der Waals surface area contributed by atoms with Crippen molar-refractivity contribution < 1.29 is 9.59 Å². The number of likely N-dealkylation sites (tertiary alicyclic amines) is 1. The molecule has 2 amide bonds. The van der Waals surface area contributed by atoms with Gasteiger partial charge in [-0.15, -0.1) is 0 Å². The fraction of sp³-hybridized carbons (Fsp3) is 0.529. The van der Waals surface area contributed by atoms with Crippen molar-refractivity contribution in [2.45, 2.75) is 25.8 Å². The number of nitrogens with one attached hydrogen (secondary N) is 2. The Morgan fingerprint density at radius 3 is 2.65 bits per heavy atom. The van der Waals surface area contributed by atoms with Gasteiger partial charge in [-0.2, -0.15) is 0 Å². The normalized spacial score (nSPS) is 18.7. The molecule has 1 aliphatic heterocycles. The summed E-state index contributed by atoms with van der Waals surface area (Å²) in [6, 6.07) is 7.44. The first kappa shape index (κ1) is 17.9. The first-order valence-electron chi connectivity index (χ1n) is 7.94. The highest BCUT2D eigenvalue weighted by molar-refractivity contribution is 9.10. The summed E-state index contributed by atoms with van der Waals surface area (Å²) in [5.41, 5.74) is 0.947. The van der Waals surface area contributed by atoms with Crippen LogP contribution in [0.25, 0.3) is 0 Å². The molecule has 2 rings (SSSR count). The Kier molecular flexibility index (Phi) is 6.59. The van der Waals surface area contributed by atoms with E-state index in [1.807, 2.05) is 36.2 Å². The molecule has 126 valence electrons. The van der Waals surface area contributed by atoms with Crippen LogP contribution in [0.4, 0.5) is 0 Å². The van der Waals surface area contributed by atoms with Gasteiger partial charge in [0, 0.05) is 24.5 Å². The van der Waals surface area contributed by atoms with Gasteiger partial charge in [0.05, 0.1) is 12.5 Å². The average molecular weight is 382 g/mol. The second-order valence-electron chi connectivity index (χ2n) is 6.06. The SMILES string of the molecule is CNCC1CCN(C(=O)CC(NC(C)=O)c2ccc(Br)cc2)C1. The minimum atomic E-state index is -0.281. The Hall–Kier alpha value is -1.40. The zero-order valence-electron chi connectivity index (χ0n) is 13.6. The van der Waals surface area contributed by atoms with Crippen molar-refractivity contribution in [1.29, 1.82) is 0 Å². The average Bonchev–Trinajstić information content (AvgIpc) is 2.96. The minimum absolute atomic E-state index is 0.102. The molecule has 23 heavy (non-hydrogen) atoms. The molecular weight excluding hydrogens is 358 g/mol. The summed E-state index contributed by atoms with van der Waals surface area (Å²) in [4.78, 5) is 26.0. The lowest BCUT2D eigenvalue weighted by atomic mass is 10.0. The third-order valence-electron chi connectivity index (χ3n) is 4.16. The summed E-state index contributed by atoms with van der Waals surface area (Å²) in [7, 11) is 1.94. The highest BCUT2D eigenvalue weighted by Gasteiger charge is 2.28. The van der Waals surface area contributed by atoms with Crippen LogP contribution in [0, 0.1) is 5.92 Å². The standard InChI is InChI=1S/C17H24BrN3O2/c1-12(22)20-16(14-3-5-15(18)6-4-14)9-17(23)21-8-7-13(11-21)10-19-2/h3-6,13,16,19H,7-11H2,1-2H3,(H,20,22). The Morgan fingerprint density at radius 2 is 2.04 bits per heavy atom. The van der Waals surface area contributed by atoms with Crippen LogP contribution in [-0.2, 0) is 9.59 Å². The van der Waals surface area contributed by atoms with Gasteiger partial charge in [0.2, 0.25) is 11.8 Å². The maximum atomic E-state index is 12.6. The number of benzene rings is 1. The molecule has 2 unspecified atom stereocenters. The highest BCUT2D eigenvalue weighted by Crippen LogP contribution is 2.23. The quantitative estimate of drug-likeness (QED) is 0.792. The molecule has 2 atom stereocenters. The number of rotatable bonds is 6. The number of hydrogen-bond donors (Lipinski definition) is 2. The first-order valence-corrected chi connectivity index (χ1v) is 8.74. The number of nitrogens with zero attached hydrogens (tertiary/aromatic N) is 1. The monoisotopic (exact) mass is 381 g/mol. The Labute approximate surface area is 145 Å². The third-order valence-corrected chi connectivity index (χ3v) is 4.69. The largest absolute Gasteiger partial charge is 0.349 e. The molecule has 0 spiro atoms. The van der Waals surface area contributed by atoms with E-state index >= 15 is 0 Å². The lowest BCUT2D eigenvalue weighted by Gasteiger charge is -2.22. The van der Waals surface area contributed by atoms with Crippen LogP contribution < -0.4 is 10.6 Å². The molecule has 5 nitrogen and oxygen atoms in total. The van der Waals surface area contributed by atoms with E-state index in [1.54, 1.807) is 0 Å². The van der Waals surface area contributed by atoms with E-state index in [4.69, 9.17) is 0 Å². The van der Waals surface area contributed by atoms with E-state index in [0.29, 0.717) is 12.3 Å². The molecule has 2 N–H and O–H groups in total. The van der Waals surface area contributed by atoms with Gasteiger partial charge < -0.3 is 15.5 Å². The van der Waals surface area contributed by atoms with Crippen LogP contribution in [0.15, 0.2) is 28.7 Å². The number of carbonyl (C=O) groups excluding carboxylic acids is 2. The van der Waals surface area contributed by atoms with E-state index in [-0.39, 0.29) is 17.9 Å². The lowest BCUT2D eigenvalue weighted by molar-refractivity contribution is -0.131. The fourth-order valence-corrected chi connectivity index (χ4v) is 3.28. The van der Waals surface area contributed by atoms with Gasteiger partial charge in [-0.3, -0.25) is 9.59 Å². The highest BCUT2D eigenvalue weighted by atomic mass is 79.9. The van der Waals surface area contributed by atoms with Crippen molar-refractivity contribution in [3.63, 3.8) is 0 Å². The molecule has 0 aliphatic carbocycles. The number of amides is 2. The van der Waals surface area contributed by atoms with Crippen LogP contribution in [-0.4, -0.2) is 43.4 Å². The summed E-state index contributed by atoms with van der Waals surface area (Å²) < 4.78 is 0.976. The summed E-state index contributed by atoms with van der Waals surface area (Å²) in [5, 5.41) is 6.06. The van der Waals surface area contributed by atoms with Crippen LogP contribution >= 0.6 is 15.9 Å². The summed E-state index contributed by atoms with van der Waals surface area (Å²) in [5.74, 6) is 0.501. The van der Waals surface area contributed by atoms with E-state index in [1.165, 1.54) is 6.92 Å². The van der Waals surface area contributed by atoms with Gasteiger partial charge in [0.15, 0.2) is 0 Å². The van der Waals surface area contributed by atoms with Gasteiger partial charge in [0.1, 0.15) is 0 Å². The van der Waals surface area contributed by atoms with Crippen molar-refractivity contribution >= 4 is 27.7 Å². The zero-order chi connectivity index (χ0) is 16.8. The van der Waals surface area contributed by atoms with Gasteiger partial charge >= 0.3 is 0 Å². The lowest BCUT2D eigenvalue weighted by Crippen LogP contribution is -2.35. The second kappa shape index (κ2) is 8.45. The van der Waals surface area contributed by atoms with Crippen molar-refractivity contribution in [2.24, 2.45) is 5.92 Å². The first-order chi connectivity index (χ1) is 11.0. The third kappa shape index (κ3) is 5.32. The fourth-order valence-electron chi connectivity index (χ4n) is 3.01. The maximum absolute atomic E-state index is 12.6. The molecule has 1 aromatic rings. The molecule has 1 fully saturated rings. The smallest absolute Gasteiger partial charge is 0.224 e.